The molecule has 1 saturated heterocycles. The molecule has 2 aromatic carbocycles. The quantitative estimate of drug-likeness (QED) is 0.401. The van der Waals surface area contributed by atoms with Crippen LogP contribution in [0.4, 0.5) is 23.0 Å². The molecule has 0 radical (unpaired) electrons. The van der Waals surface area contributed by atoms with Gasteiger partial charge in [0.2, 0.25) is 5.95 Å². The Balaban J connectivity index is 1.26. The Morgan fingerprint density at radius 3 is 2.21 bits per heavy atom. The van der Waals surface area contributed by atoms with E-state index in [0.29, 0.717) is 52.3 Å². The van der Waals surface area contributed by atoms with Gasteiger partial charge in [0.05, 0.1) is 25.6 Å². The zero-order valence-electron chi connectivity index (χ0n) is 22.3. The third kappa shape index (κ3) is 5.44. The van der Waals surface area contributed by atoms with Crippen molar-refractivity contribution in [1.29, 1.82) is 0 Å². The van der Waals surface area contributed by atoms with Crippen LogP contribution in [-0.4, -0.2) is 68.9 Å². The first-order valence-electron chi connectivity index (χ1n) is 12.9. The molecule has 1 fully saturated rings. The van der Waals surface area contributed by atoms with E-state index in [1.165, 1.54) is 18.5 Å². The van der Waals surface area contributed by atoms with Crippen molar-refractivity contribution >= 4 is 46.2 Å². The van der Waals surface area contributed by atoms with E-state index in [0.717, 1.165) is 36.5 Å². The molecule has 0 amide bonds. The molecule has 0 bridgehead atoms. The van der Waals surface area contributed by atoms with Crippen LogP contribution in [0.2, 0.25) is 10.0 Å². The Labute approximate surface area is 234 Å². The Bertz CT molecular complexity index is 1250. The van der Waals surface area contributed by atoms with Gasteiger partial charge in [-0.05, 0) is 51.2 Å². The van der Waals surface area contributed by atoms with Gasteiger partial charge in [-0.2, -0.15) is 0 Å². The summed E-state index contributed by atoms with van der Waals surface area (Å²) in [6, 6.07) is 10.9. The first-order chi connectivity index (χ1) is 18.4. The molecule has 5 rings (SSSR count). The van der Waals surface area contributed by atoms with Gasteiger partial charge in [-0.25, -0.2) is 9.97 Å². The minimum absolute atomic E-state index is 0.464. The lowest BCUT2D eigenvalue weighted by atomic mass is 10.0. The molecule has 0 atom stereocenters. The molecule has 8 nitrogen and oxygen atoms in total. The summed E-state index contributed by atoms with van der Waals surface area (Å²) in [7, 11) is 7.49. The number of anilines is 4. The lowest BCUT2D eigenvalue weighted by Crippen LogP contribution is -2.41. The van der Waals surface area contributed by atoms with Gasteiger partial charge in [0, 0.05) is 67.8 Å². The minimum Gasteiger partial charge on any atom is -0.495 e. The lowest BCUT2D eigenvalue weighted by Gasteiger charge is -2.36. The fourth-order valence-corrected chi connectivity index (χ4v) is 5.98. The molecular weight excluding hydrogens is 523 g/mol. The van der Waals surface area contributed by atoms with Crippen LogP contribution in [0.3, 0.4) is 0 Å². The number of methoxy groups -OCH3 is 2. The highest BCUT2D eigenvalue weighted by molar-refractivity contribution is 6.41. The Morgan fingerprint density at radius 1 is 0.947 bits per heavy atom. The number of halogens is 2. The van der Waals surface area contributed by atoms with Crippen molar-refractivity contribution in [3.8, 4) is 11.5 Å². The molecule has 1 aromatic heterocycles. The summed E-state index contributed by atoms with van der Waals surface area (Å²) in [6.45, 7) is 3.46. The Hall–Kier alpha value is -2.94. The molecule has 2 aliphatic heterocycles. The molecule has 3 aromatic rings. The molecule has 1 N–H and O–H groups in total. The fourth-order valence-electron chi connectivity index (χ4n) is 5.24. The summed E-state index contributed by atoms with van der Waals surface area (Å²) in [5.41, 5.74) is 4.97. The van der Waals surface area contributed by atoms with Crippen molar-refractivity contribution < 1.29 is 9.47 Å². The van der Waals surface area contributed by atoms with E-state index in [2.05, 4.69) is 63.4 Å². The predicted molar refractivity (Wildman–Crippen MR) is 155 cm³/mol. The summed E-state index contributed by atoms with van der Waals surface area (Å²) in [5.74, 6) is 1.64. The van der Waals surface area contributed by atoms with Crippen LogP contribution < -0.4 is 24.6 Å². The van der Waals surface area contributed by atoms with Gasteiger partial charge in [-0.15, -0.1) is 0 Å². The number of ether oxygens (including phenoxy) is 2. The van der Waals surface area contributed by atoms with Crippen molar-refractivity contribution in [3.05, 3.63) is 57.8 Å². The maximum absolute atomic E-state index is 6.65. The first-order valence-corrected chi connectivity index (χ1v) is 13.6. The molecule has 38 heavy (non-hydrogen) atoms. The Morgan fingerprint density at radius 2 is 1.61 bits per heavy atom. The van der Waals surface area contributed by atoms with Crippen LogP contribution in [0.5, 0.6) is 11.5 Å². The molecule has 0 aliphatic carbocycles. The summed E-state index contributed by atoms with van der Waals surface area (Å²) in [4.78, 5) is 16.3. The molecule has 0 saturated carbocycles. The average molecular weight is 558 g/mol. The van der Waals surface area contributed by atoms with Crippen LogP contribution in [0.1, 0.15) is 24.1 Å². The average Bonchev–Trinajstić information content (AvgIpc) is 2.94. The number of piperidine rings is 1. The van der Waals surface area contributed by atoms with E-state index in [4.69, 9.17) is 37.7 Å². The number of benzene rings is 2. The summed E-state index contributed by atoms with van der Waals surface area (Å²) in [6.07, 6.45) is 4.99. The molecule has 202 valence electrons. The fraction of sp³-hybridized carbons (Fsp3) is 0.429. The standard InChI is InChI=1S/C28H34Cl2N6O2/c1-34(2)20-9-12-35(13-10-20)21-7-5-19(6-8-21)32-28-31-16-18-17-36(14-11-22(18)33-28)27-25(29)23(37-3)15-24(38-4)26(27)30/h5-8,15-16,20H,9-14,17H2,1-4H3,(H,31,32,33). The third-order valence-electron chi connectivity index (χ3n) is 7.48. The SMILES string of the molecule is COc1cc(OC)c(Cl)c(N2CCc3nc(Nc4ccc(N5CCC(N(C)C)CC5)cc4)ncc3C2)c1Cl. The maximum atomic E-state index is 6.65. The third-order valence-corrected chi connectivity index (χ3v) is 8.21. The zero-order valence-corrected chi connectivity index (χ0v) is 23.8. The monoisotopic (exact) mass is 556 g/mol. The number of aromatic nitrogens is 2. The number of nitrogens with zero attached hydrogens (tertiary/aromatic N) is 5. The largest absolute Gasteiger partial charge is 0.495 e. The topological polar surface area (TPSA) is 66.0 Å². The van der Waals surface area contributed by atoms with Crippen molar-refractivity contribution in [3.63, 3.8) is 0 Å². The van der Waals surface area contributed by atoms with Crippen LogP contribution in [0.15, 0.2) is 36.5 Å². The molecule has 10 heteroatoms. The van der Waals surface area contributed by atoms with E-state index >= 15 is 0 Å². The van der Waals surface area contributed by atoms with Gasteiger partial charge in [0.1, 0.15) is 21.5 Å². The summed E-state index contributed by atoms with van der Waals surface area (Å²) in [5, 5.41) is 4.29. The second-order valence-electron chi connectivity index (χ2n) is 9.95. The van der Waals surface area contributed by atoms with E-state index < -0.39 is 0 Å². The van der Waals surface area contributed by atoms with Gasteiger partial charge >= 0.3 is 0 Å². The van der Waals surface area contributed by atoms with E-state index in [1.807, 2.05) is 6.20 Å². The van der Waals surface area contributed by atoms with Crippen LogP contribution >= 0.6 is 23.2 Å². The van der Waals surface area contributed by atoms with Gasteiger partial charge in [-0.3, -0.25) is 0 Å². The Kier molecular flexibility index (Phi) is 8.02. The second-order valence-corrected chi connectivity index (χ2v) is 10.7. The summed E-state index contributed by atoms with van der Waals surface area (Å²) >= 11 is 13.3. The van der Waals surface area contributed by atoms with Crippen LogP contribution in [0, 0.1) is 0 Å². The number of nitrogens with one attached hydrogen (secondary N) is 1. The normalized spacial score (nSPS) is 16.0. The van der Waals surface area contributed by atoms with E-state index in [1.54, 1.807) is 20.3 Å². The number of fused-ring (bicyclic) bond motifs is 1. The smallest absolute Gasteiger partial charge is 0.227 e. The highest BCUT2D eigenvalue weighted by Gasteiger charge is 2.26. The van der Waals surface area contributed by atoms with Crippen LogP contribution in [0.25, 0.3) is 0 Å². The van der Waals surface area contributed by atoms with E-state index in [9.17, 15) is 0 Å². The number of rotatable bonds is 7. The van der Waals surface area contributed by atoms with Crippen molar-refractivity contribution in [2.45, 2.75) is 31.8 Å². The second kappa shape index (κ2) is 11.4. The minimum atomic E-state index is 0.464. The van der Waals surface area contributed by atoms with Gasteiger partial charge in [0.25, 0.3) is 0 Å². The number of hydrogen-bond donors (Lipinski definition) is 1. The molecule has 3 heterocycles. The molecule has 2 aliphatic rings. The molecular formula is C28H34Cl2N6O2. The highest BCUT2D eigenvalue weighted by atomic mass is 35.5. The van der Waals surface area contributed by atoms with Crippen molar-refractivity contribution in [1.82, 2.24) is 14.9 Å². The molecule has 0 spiro atoms. The zero-order chi connectivity index (χ0) is 26.8. The predicted octanol–water partition coefficient (Wildman–Crippen LogP) is 5.64. The van der Waals surface area contributed by atoms with Gasteiger partial charge in [0.15, 0.2) is 0 Å². The highest BCUT2D eigenvalue weighted by Crippen LogP contribution is 2.47. The van der Waals surface area contributed by atoms with Gasteiger partial charge < -0.3 is 29.5 Å². The van der Waals surface area contributed by atoms with E-state index in [-0.39, 0.29) is 0 Å². The summed E-state index contributed by atoms with van der Waals surface area (Å²) < 4.78 is 10.9. The first kappa shape index (κ1) is 26.7. The van der Waals surface area contributed by atoms with Crippen LogP contribution in [-0.2, 0) is 13.0 Å². The van der Waals surface area contributed by atoms with Crippen molar-refractivity contribution in [2.24, 2.45) is 0 Å². The van der Waals surface area contributed by atoms with Crippen molar-refractivity contribution in [2.75, 3.05) is 63.1 Å². The molecule has 0 unspecified atom stereocenters. The maximum Gasteiger partial charge on any atom is 0.227 e. The lowest BCUT2D eigenvalue weighted by molar-refractivity contribution is 0.249. The number of hydrogen-bond acceptors (Lipinski definition) is 8. The van der Waals surface area contributed by atoms with Gasteiger partial charge in [-0.1, -0.05) is 23.2 Å².